The summed E-state index contributed by atoms with van der Waals surface area (Å²) in [7, 11) is 0. The number of aromatic nitrogens is 2. The predicted octanol–water partition coefficient (Wildman–Crippen LogP) is 2.40. The molecule has 0 fully saturated rings. The molecule has 21 heavy (non-hydrogen) atoms. The summed E-state index contributed by atoms with van der Waals surface area (Å²) in [6.07, 6.45) is 8.74. The molecule has 0 bridgehead atoms. The van der Waals surface area contributed by atoms with E-state index in [0.29, 0.717) is 0 Å². The molecular weight excluding hydrogens is 268 g/mol. The Kier molecular flexibility index (Phi) is 5.90. The monoisotopic (exact) mass is 288 g/mol. The molecule has 0 spiro atoms. The van der Waals surface area contributed by atoms with Crippen LogP contribution in [0.25, 0.3) is 0 Å². The van der Waals surface area contributed by atoms with E-state index in [1.807, 2.05) is 24.7 Å². The highest BCUT2D eigenvalue weighted by molar-refractivity contribution is 5.32. The van der Waals surface area contributed by atoms with Crippen LogP contribution in [0.4, 0.5) is 5.69 Å². The summed E-state index contributed by atoms with van der Waals surface area (Å²) in [5.74, 6) is 0. The first-order valence-electron chi connectivity index (χ1n) is 7.15. The molecule has 0 saturated heterocycles. The molecule has 1 N–H and O–H groups in total. The topological polar surface area (TPSA) is 73.0 Å². The summed E-state index contributed by atoms with van der Waals surface area (Å²) in [4.78, 5) is 14.2. The minimum absolute atomic E-state index is 0.145. The number of non-ortho nitro benzene ring substituents is 1. The average molecular weight is 288 g/mol. The average Bonchev–Trinajstić information content (AvgIpc) is 3.00. The number of imidazole rings is 1. The van der Waals surface area contributed by atoms with E-state index < -0.39 is 0 Å². The predicted molar refractivity (Wildman–Crippen MR) is 81.1 cm³/mol. The number of hydrogen-bond acceptors (Lipinski definition) is 4. The molecule has 0 aliphatic rings. The van der Waals surface area contributed by atoms with Gasteiger partial charge < -0.3 is 9.88 Å². The molecule has 6 heteroatoms. The van der Waals surface area contributed by atoms with E-state index >= 15 is 0 Å². The minimum atomic E-state index is -0.373. The zero-order valence-corrected chi connectivity index (χ0v) is 11.9. The smallest absolute Gasteiger partial charge is 0.269 e. The highest BCUT2D eigenvalue weighted by atomic mass is 16.6. The lowest BCUT2D eigenvalue weighted by molar-refractivity contribution is -0.384. The molecule has 0 unspecified atom stereocenters. The van der Waals surface area contributed by atoms with Gasteiger partial charge in [0.15, 0.2) is 0 Å². The Labute approximate surface area is 124 Å². The molecule has 2 rings (SSSR count). The van der Waals surface area contributed by atoms with E-state index in [0.717, 1.165) is 44.5 Å². The van der Waals surface area contributed by atoms with Gasteiger partial charge in [-0.2, -0.15) is 0 Å². The molecule has 0 atom stereocenters. The lowest BCUT2D eigenvalue weighted by Gasteiger charge is -2.05. The van der Waals surface area contributed by atoms with Gasteiger partial charge in [0, 0.05) is 31.1 Å². The molecule has 1 aromatic heterocycles. The lowest BCUT2D eigenvalue weighted by atomic mass is 10.1. The lowest BCUT2D eigenvalue weighted by Crippen LogP contribution is -2.18. The van der Waals surface area contributed by atoms with Crippen molar-refractivity contribution in [1.82, 2.24) is 14.9 Å². The van der Waals surface area contributed by atoms with Gasteiger partial charge in [0.2, 0.25) is 0 Å². The largest absolute Gasteiger partial charge is 0.337 e. The molecule has 2 aromatic rings. The molecule has 0 radical (unpaired) electrons. The number of nitrogens with one attached hydrogen (secondary N) is 1. The van der Waals surface area contributed by atoms with Crippen molar-refractivity contribution < 1.29 is 4.92 Å². The second kappa shape index (κ2) is 8.16. The van der Waals surface area contributed by atoms with Gasteiger partial charge in [-0.05, 0) is 37.9 Å². The Morgan fingerprint density at radius 3 is 2.67 bits per heavy atom. The van der Waals surface area contributed by atoms with E-state index in [9.17, 15) is 10.1 Å². The Morgan fingerprint density at radius 1 is 1.19 bits per heavy atom. The molecule has 0 aliphatic carbocycles. The van der Waals surface area contributed by atoms with Crippen LogP contribution in [0.1, 0.15) is 18.4 Å². The maximum Gasteiger partial charge on any atom is 0.269 e. The maximum absolute atomic E-state index is 10.5. The van der Waals surface area contributed by atoms with Crippen LogP contribution in [0.2, 0.25) is 0 Å². The van der Waals surface area contributed by atoms with Crippen molar-refractivity contribution in [3.05, 3.63) is 58.7 Å². The van der Waals surface area contributed by atoms with Crippen LogP contribution in [0.3, 0.4) is 0 Å². The van der Waals surface area contributed by atoms with Crippen LogP contribution >= 0.6 is 0 Å². The third-order valence-electron chi connectivity index (χ3n) is 3.32. The zero-order chi connectivity index (χ0) is 14.9. The second-order valence-electron chi connectivity index (χ2n) is 4.93. The van der Waals surface area contributed by atoms with Crippen LogP contribution in [-0.2, 0) is 13.0 Å². The fraction of sp³-hybridized carbons (Fsp3) is 0.400. The minimum Gasteiger partial charge on any atom is -0.337 e. The fourth-order valence-electron chi connectivity index (χ4n) is 2.11. The van der Waals surface area contributed by atoms with Gasteiger partial charge in [-0.25, -0.2) is 4.98 Å². The first-order valence-corrected chi connectivity index (χ1v) is 7.15. The van der Waals surface area contributed by atoms with Crippen molar-refractivity contribution in [2.75, 3.05) is 13.1 Å². The second-order valence-corrected chi connectivity index (χ2v) is 4.93. The van der Waals surface area contributed by atoms with Crippen molar-refractivity contribution in [2.24, 2.45) is 0 Å². The van der Waals surface area contributed by atoms with Gasteiger partial charge in [0.25, 0.3) is 5.69 Å². The molecule has 0 amide bonds. The van der Waals surface area contributed by atoms with Crippen molar-refractivity contribution in [3.63, 3.8) is 0 Å². The molecule has 0 saturated carbocycles. The third-order valence-corrected chi connectivity index (χ3v) is 3.32. The van der Waals surface area contributed by atoms with Crippen molar-refractivity contribution in [3.8, 4) is 0 Å². The summed E-state index contributed by atoms with van der Waals surface area (Å²) in [5.41, 5.74) is 1.26. The van der Waals surface area contributed by atoms with Crippen LogP contribution in [0.15, 0.2) is 43.0 Å². The van der Waals surface area contributed by atoms with Crippen LogP contribution in [-0.4, -0.2) is 27.6 Å². The van der Waals surface area contributed by atoms with Gasteiger partial charge in [0.1, 0.15) is 0 Å². The van der Waals surface area contributed by atoms with Gasteiger partial charge in [-0.1, -0.05) is 12.1 Å². The normalized spacial score (nSPS) is 10.7. The molecule has 6 nitrogen and oxygen atoms in total. The number of benzene rings is 1. The highest BCUT2D eigenvalue weighted by Gasteiger charge is 2.03. The van der Waals surface area contributed by atoms with Gasteiger partial charge in [-0.3, -0.25) is 10.1 Å². The Bertz CT molecular complexity index is 537. The number of aryl methyl sites for hydroxylation is 1. The number of rotatable bonds is 9. The van der Waals surface area contributed by atoms with E-state index in [-0.39, 0.29) is 10.6 Å². The Morgan fingerprint density at radius 2 is 2.00 bits per heavy atom. The number of nitro benzene ring substituents is 1. The van der Waals surface area contributed by atoms with E-state index in [4.69, 9.17) is 0 Å². The van der Waals surface area contributed by atoms with Crippen molar-refractivity contribution in [1.29, 1.82) is 0 Å². The molecule has 1 heterocycles. The SMILES string of the molecule is O=[N+]([O-])c1ccc(CCNCCCCn2ccnc2)cc1. The number of nitrogens with zero attached hydrogens (tertiary/aromatic N) is 3. The Hall–Kier alpha value is -2.21. The van der Waals surface area contributed by atoms with Gasteiger partial charge in [0.05, 0.1) is 11.3 Å². The summed E-state index contributed by atoms with van der Waals surface area (Å²) in [6, 6.07) is 6.75. The third kappa shape index (κ3) is 5.35. The number of hydrogen-bond donors (Lipinski definition) is 1. The summed E-state index contributed by atoms with van der Waals surface area (Å²) >= 11 is 0. The molecule has 0 aliphatic heterocycles. The molecular formula is C15H20N4O2. The first kappa shape index (κ1) is 15.2. The standard InChI is InChI=1S/C15H20N4O2/c20-19(21)15-5-3-14(4-6-15)7-9-16-8-1-2-11-18-12-10-17-13-18/h3-6,10,12-13,16H,1-2,7-9,11H2. The summed E-state index contributed by atoms with van der Waals surface area (Å²) < 4.78 is 2.08. The van der Waals surface area contributed by atoms with Crippen LogP contribution in [0, 0.1) is 10.1 Å². The number of unbranched alkanes of at least 4 members (excludes halogenated alkanes) is 1. The maximum atomic E-state index is 10.5. The fourth-order valence-corrected chi connectivity index (χ4v) is 2.11. The van der Waals surface area contributed by atoms with Crippen LogP contribution < -0.4 is 5.32 Å². The van der Waals surface area contributed by atoms with E-state index in [2.05, 4.69) is 14.9 Å². The van der Waals surface area contributed by atoms with Crippen molar-refractivity contribution >= 4 is 5.69 Å². The zero-order valence-electron chi connectivity index (χ0n) is 11.9. The first-order chi connectivity index (χ1) is 10.3. The van der Waals surface area contributed by atoms with Gasteiger partial charge >= 0.3 is 0 Å². The molecule has 1 aromatic carbocycles. The highest BCUT2D eigenvalue weighted by Crippen LogP contribution is 2.11. The van der Waals surface area contributed by atoms with Crippen LogP contribution in [0.5, 0.6) is 0 Å². The quantitative estimate of drug-likeness (QED) is 0.437. The van der Waals surface area contributed by atoms with Crippen molar-refractivity contribution in [2.45, 2.75) is 25.8 Å². The molecule has 112 valence electrons. The summed E-state index contributed by atoms with van der Waals surface area (Å²) in [5, 5.41) is 13.9. The summed E-state index contributed by atoms with van der Waals surface area (Å²) in [6.45, 7) is 2.88. The van der Waals surface area contributed by atoms with Gasteiger partial charge in [-0.15, -0.1) is 0 Å². The van der Waals surface area contributed by atoms with E-state index in [1.165, 1.54) is 0 Å². The number of nitro groups is 1. The Balaban J connectivity index is 1.54. The van der Waals surface area contributed by atoms with E-state index in [1.54, 1.807) is 18.3 Å².